The van der Waals surface area contributed by atoms with Crippen molar-refractivity contribution in [3.05, 3.63) is 28.5 Å². The van der Waals surface area contributed by atoms with Gasteiger partial charge in [0.1, 0.15) is 23.5 Å². The zero-order valence-electron chi connectivity index (χ0n) is 12.0. The molecular formula is C15H14N4O2. The minimum atomic E-state index is -0.204. The van der Waals surface area contributed by atoms with E-state index in [4.69, 9.17) is 15.3 Å². The van der Waals surface area contributed by atoms with E-state index in [1.807, 2.05) is 20.8 Å². The number of hydrogen-bond donors (Lipinski definition) is 2. The van der Waals surface area contributed by atoms with E-state index in [0.717, 1.165) is 22.4 Å². The molecule has 0 saturated heterocycles. The van der Waals surface area contributed by atoms with Crippen molar-refractivity contribution < 1.29 is 9.53 Å². The molecule has 1 aliphatic rings. The van der Waals surface area contributed by atoms with E-state index in [-0.39, 0.29) is 18.1 Å². The lowest BCUT2D eigenvalue weighted by molar-refractivity contribution is -0.118. The van der Waals surface area contributed by atoms with Gasteiger partial charge in [-0.15, -0.1) is 0 Å². The molecule has 0 saturated carbocycles. The molecule has 1 aromatic rings. The average molecular weight is 282 g/mol. The molecule has 0 atom stereocenters. The fourth-order valence-electron chi connectivity index (χ4n) is 2.22. The van der Waals surface area contributed by atoms with E-state index < -0.39 is 0 Å². The highest BCUT2D eigenvalue weighted by Crippen LogP contribution is 2.41. The van der Waals surface area contributed by atoms with Crippen molar-refractivity contribution in [1.29, 1.82) is 10.5 Å². The Morgan fingerprint density at radius 2 is 1.90 bits per heavy atom. The minimum absolute atomic E-state index is 0.00636. The summed E-state index contributed by atoms with van der Waals surface area (Å²) in [5, 5.41) is 23.3. The molecule has 0 spiro atoms. The van der Waals surface area contributed by atoms with Gasteiger partial charge in [0.25, 0.3) is 5.91 Å². The second-order valence-electron chi connectivity index (χ2n) is 4.72. The van der Waals surface area contributed by atoms with Gasteiger partial charge >= 0.3 is 0 Å². The lowest BCUT2D eigenvalue weighted by Gasteiger charge is -2.25. The standard InChI is InChI=1S/C15H14N4O2/c1-8-9(2)15-14(19-12(20)7-21-15)10(3)13(8)18-6-11(4-16)5-17/h6,18H,7H2,1-3H3,(H,19,20). The number of anilines is 2. The molecule has 0 bridgehead atoms. The first kappa shape index (κ1) is 14.4. The van der Waals surface area contributed by atoms with E-state index in [9.17, 15) is 4.79 Å². The van der Waals surface area contributed by atoms with Crippen molar-refractivity contribution >= 4 is 17.3 Å². The van der Waals surface area contributed by atoms with Crippen LogP contribution in [-0.4, -0.2) is 12.5 Å². The summed E-state index contributed by atoms with van der Waals surface area (Å²) in [4.78, 5) is 11.5. The van der Waals surface area contributed by atoms with Crippen LogP contribution in [0.3, 0.4) is 0 Å². The number of carbonyl (C=O) groups is 1. The van der Waals surface area contributed by atoms with Crippen LogP contribution in [0.5, 0.6) is 5.75 Å². The number of fused-ring (bicyclic) bond motifs is 1. The molecule has 0 fully saturated rings. The molecule has 0 unspecified atom stereocenters. The molecule has 1 heterocycles. The summed E-state index contributed by atoms with van der Waals surface area (Å²) in [6.07, 6.45) is 1.35. The molecule has 1 aromatic carbocycles. The Kier molecular flexibility index (Phi) is 3.82. The van der Waals surface area contributed by atoms with E-state index >= 15 is 0 Å². The molecule has 6 heteroatoms. The first-order valence-electron chi connectivity index (χ1n) is 6.33. The first-order valence-corrected chi connectivity index (χ1v) is 6.33. The topological polar surface area (TPSA) is 97.9 Å². The summed E-state index contributed by atoms with van der Waals surface area (Å²) < 4.78 is 5.49. The highest BCUT2D eigenvalue weighted by atomic mass is 16.5. The van der Waals surface area contributed by atoms with Crippen molar-refractivity contribution in [2.75, 3.05) is 17.2 Å². The number of nitrogens with zero attached hydrogens (tertiary/aromatic N) is 2. The Labute approximate surface area is 122 Å². The van der Waals surface area contributed by atoms with Crippen LogP contribution >= 0.6 is 0 Å². The monoisotopic (exact) mass is 282 g/mol. The summed E-state index contributed by atoms with van der Waals surface area (Å²) in [5.74, 6) is 0.463. The molecule has 106 valence electrons. The largest absolute Gasteiger partial charge is 0.481 e. The summed E-state index contributed by atoms with van der Waals surface area (Å²) >= 11 is 0. The van der Waals surface area contributed by atoms with Gasteiger partial charge in [0.15, 0.2) is 6.61 Å². The molecule has 2 N–H and O–H groups in total. The van der Waals surface area contributed by atoms with Gasteiger partial charge in [-0.25, -0.2) is 0 Å². The Morgan fingerprint density at radius 3 is 2.52 bits per heavy atom. The fraction of sp³-hybridized carbons (Fsp3) is 0.267. The van der Waals surface area contributed by atoms with Crippen molar-refractivity contribution in [2.24, 2.45) is 0 Å². The van der Waals surface area contributed by atoms with Gasteiger partial charge in [-0.2, -0.15) is 10.5 Å². The van der Waals surface area contributed by atoms with Gasteiger partial charge in [-0.05, 0) is 31.9 Å². The maximum absolute atomic E-state index is 11.5. The quantitative estimate of drug-likeness (QED) is 0.811. The number of nitrogens with one attached hydrogen (secondary N) is 2. The van der Waals surface area contributed by atoms with E-state index in [1.54, 1.807) is 12.1 Å². The highest BCUT2D eigenvalue weighted by molar-refractivity contribution is 5.98. The molecule has 6 nitrogen and oxygen atoms in total. The predicted octanol–water partition coefficient (Wildman–Crippen LogP) is 2.29. The highest BCUT2D eigenvalue weighted by Gasteiger charge is 2.24. The van der Waals surface area contributed by atoms with Crippen LogP contribution in [0.15, 0.2) is 11.8 Å². The van der Waals surface area contributed by atoms with Gasteiger partial charge in [-0.3, -0.25) is 4.79 Å². The lowest BCUT2D eigenvalue weighted by Crippen LogP contribution is -2.27. The number of allylic oxidation sites excluding steroid dienone is 1. The van der Waals surface area contributed by atoms with Gasteiger partial charge < -0.3 is 15.4 Å². The number of amides is 1. The number of carbonyl (C=O) groups excluding carboxylic acids is 1. The smallest absolute Gasteiger partial charge is 0.262 e. The van der Waals surface area contributed by atoms with Gasteiger partial charge in [-0.1, -0.05) is 0 Å². The normalized spacial score (nSPS) is 12.1. The Hall–Kier alpha value is -2.99. The van der Waals surface area contributed by atoms with Crippen LogP contribution in [0.2, 0.25) is 0 Å². The average Bonchev–Trinajstić information content (AvgIpc) is 2.48. The maximum Gasteiger partial charge on any atom is 0.262 e. The molecule has 21 heavy (non-hydrogen) atoms. The van der Waals surface area contributed by atoms with Gasteiger partial charge in [0.05, 0.1) is 5.69 Å². The second kappa shape index (κ2) is 5.56. The van der Waals surface area contributed by atoms with Crippen molar-refractivity contribution in [2.45, 2.75) is 20.8 Å². The molecular weight excluding hydrogens is 268 g/mol. The Morgan fingerprint density at radius 1 is 1.24 bits per heavy atom. The predicted molar refractivity (Wildman–Crippen MR) is 77.7 cm³/mol. The van der Waals surface area contributed by atoms with Gasteiger partial charge in [0, 0.05) is 17.5 Å². The zero-order valence-corrected chi connectivity index (χ0v) is 12.0. The maximum atomic E-state index is 11.5. The third-order valence-corrected chi connectivity index (χ3v) is 3.47. The number of rotatable bonds is 2. The SMILES string of the molecule is Cc1c(C)c2c(c(C)c1NC=C(C#N)C#N)NC(=O)CO2. The molecule has 2 rings (SSSR count). The Bertz CT molecular complexity index is 720. The summed E-state index contributed by atoms with van der Waals surface area (Å²) in [5.41, 5.74) is 3.99. The molecule has 0 aromatic heterocycles. The molecule has 1 amide bonds. The number of benzene rings is 1. The van der Waals surface area contributed by atoms with E-state index in [2.05, 4.69) is 10.6 Å². The van der Waals surface area contributed by atoms with Crippen LogP contribution in [-0.2, 0) is 4.79 Å². The van der Waals surface area contributed by atoms with Crippen LogP contribution in [0.1, 0.15) is 16.7 Å². The third kappa shape index (κ3) is 2.52. The van der Waals surface area contributed by atoms with Gasteiger partial charge in [0.2, 0.25) is 0 Å². The van der Waals surface area contributed by atoms with E-state index in [1.165, 1.54) is 6.20 Å². The zero-order chi connectivity index (χ0) is 15.6. The van der Waals surface area contributed by atoms with Crippen molar-refractivity contribution in [3.8, 4) is 17.9 Å². The molecule has 0 aliphatic carbocycles. The minimum Gasteiger partial charge on any atom is -0.481 e. The molecule has 0 radical (unpaired) electrons. The second-order valence-corrected chi connectivity index (χ2v) is 4.72. The third-order valence-electron chi connectivity index (χ3n) is 3.47. The van der Waals surface area contributed by atoms with Crippen LogP contribution in [0.4, 0.5) is 11.4 Å². The Balaban J connectivity index is 2.54. The fourth-order valence-corrected chi connectivity index (χ4v) is 2.22. The van der Waals surface area contributed by atoms with Crippen LogP contribution in [0, 0.1) is 43.4 Å². The van der Waals surface area contributed by atoms with Crippen molar-refractivity contribution in [1.82, 2.24) is 0 Å². The summed E-state index contributed by atoms with van der Waals surface area (Å²) in [6, 6.07) is 3.58. The van der Waals surface area contributed by atoms with Crippen molar-refractivity contribution in [3.63, 3.8) is 0 Å². The first-order chi connectivity index (χ1) is 9.99. The number of nitriles is 2. The van der Waals surface area contributed by atoms with Crippen LogP contribution in [0.25, 0.3) is 0 Å². The summed E-state index contributed by atoms with van der Waals surface area (Å²) in [7, 11) is 0. The number of hydrogen-bond acceptors (Lipinski definition) is 5. The molecule has 1 aliphatic heterocycles. The van der Waals surface area contributed by atoms with Crippen LogP contribution < -0.4 is 15.4 Å². The number of ether oxygens (including phenoxy) is 1. The lowest BCUT2D eigenvalue weighted by atomic mass is 9.99. The van der Waals surface area contributed by atoms with E-state index in [0.29, 0.717) is 11.4 Å². The summed E-state index contributed by atoms with van der Waals surface area (Å²) in [6.45, 7) is 5.66.